The Hall–Kier alpha value is -2.01. The van der Waals surface area contributed by atoms with Crippen LogP contribution in [0.4, 0.5) is 4.79 Å². The van der Waals surface area contributed by atoms with Gasteiger partial charge in [-0.2, -0.15) is 0 Å². The van der Waals surface area contributed by atoms with Gasteiger partial charge in [0, 0.05) is 11.2 Å². The Bertz CT molecular complexity index is 1080. The fraction of sp³-hybridized carbons (Fsp3) is 0.643. The minimum atomic E-state index is -0.638. The number of urea groups is 1. The molecule has 1 unspecified atom stereocenters. The standard InChI is InChI=1S/C28H37ClN2O3/c1-16(2)21-12-31(28-13-27(14-28,15-28)23(32)34-7)24(33)30-26(21,6)17-8-9-18(22(29)10-17)19-11-20(19)25(3,4)5/h8-10,12,16,19-20H,11,13-15H2,1-7H3,(H,30,33)/t19-,20?,26-,27?,28?/m0/s1. The Morgan fingerprint density at radius 3 is 2.38 bits per heavy atom. The molecule has 0 radical (unpaired) electrons. The van der Waals surface area contributed by atoms with Crippen LogP contribution >= 0.6 is 11.6 Å². The molecule has 5 aliphatic rings. The Morgan fingerprint density at radius 2 is 1.88 bits per heavy atom. The van der Waals surface area contributed by atoms with E-state index in [1.807, 2.05) is 17.2 Å². The van der Waals surface area contributed by atoms with Gasteiger partial charge in [-0.15, -0.1) is 0 Å². The monoisotopic (exact) mass is 484 g/mol. The van der Waals surface area contributed by atoms with E-state index < -0.39 is 11.0 Å². The summed E-state index contributed by atoms with van der Waals surface area (Å²) in [6.45, 7) is 13.3. The Kier molecular flexibility index (Phi) is 5.06. The van der Waals surface area contributed by atoms with Gasteiger partial charge in [0.2, 0.25) is 0 Å². The molecule has 34 heavy (non-hydrogen) atoms. The second-order valence-electron chi connectivity index (χ2n) is 12.7. The first-order valence-corrected chi connectivity index (χ1v) is 12.9. The maximum Gasteiger partial charge on any atom is 0.322 e. The maximum absolute atomic E-state index is 13.4. The molecule has 184 valence electrons. The van der Waals surface area contributed by atoms with E-state index in [-0.39, 0.29) is 28.9 Å². The summed E-state index contributed by atoms with van der Waals surface area (Å²) in [5.74, 6) is 1.24. The summed E-state index contributed by atoms with van der Waals surface area (Å²) < 4.78 is 4.99. The average Bonchev–Trinajstić information content (AvgIpc) is 3.48. The number of rotatable bonds is 5. The van der Waals surface area contributed by atoms with Gasteiger partial charge in [0.05, 0.1) is 23.6 Å². The first-order valence-electron chi connectivity index (χ1n) is 12.5. The highest BCUT2D eigenvalue weighted by atomic mass is 35.5. The third kappa shape index (κ3) is 3.26. The third-order valence-corrected chi connectivity index (χ3v) is 9.38. The molecule has 5 nitrogen and oxygen atoms in total. The largest absolute Gasteiger partial charge is 0.469 e. The van der Waals surface area contributed by atoms with Gasteiger partial charge in [-0.25, -0.2) is 4.79 Å². The molecule has 0 aromatic heterocycles. The van der Waals surface area contributed by atoms with Crippen LogP contribution in [0.3, 0.4) is 0 Å². The van der Waals surface area contributed by atoms with E-state index in [0.717, 1.165) is 16.2 Å². The van der Waals surface area contributed by atoms with E-state index in [1.54, 1.807) is 0 Å². The SMILES string of the molecule is COC(=O)C12CC(N3C=C(C(C)C)[C@](C)(c4ccc([C@@H]5CC5C(C)(C)C)c(Cl)c4)NC3=O)(C1)C2. The van der Waals surface area contributed by atoms with Crippen LogP contribution in [0.5, 0.6) is 0 Å². The molecule has 4 fully saturated rings. The van der Waals surface area contributed by atoms with Crippen LogP contribution in [0.25, 0.3) is 0 Å². The van der Waals surface area contributed by atoms with Crippen molar-refractivity contribution in [2.24, 2.45) is 22.7 Å². The zero-order chi connectivity index (χ0) is 24.8. The van der Waals surface area contributed by atoms with Gasteiger partial charge < -0.3 is 10.1 Å². The molecule has 2 amide bonds. The predicted octanol–water partition coefficient (Wildman–Crippen LogP) is 6.37. The molecule has 1 N–H and O–H groups in total. The summed E-state index contributed by atoms with van der Waals surface area (Å²) in [6, 6.07) is 6.24. The molecule has 0 spiro atoms. The Labute approximate surface area is 208 Å². The number of benzene rings is 1. The van der Waals surface area contributed by atoms with Crippen LogP contribution in [0.15, 0.2) is 30.0 Å². The summed E-state index contributed by atoms with van der Waals surface area (Å²) in [4.78, 5) is 27.4. The van der Waals surface area contributed by atoms with E-state index in [1.165, 1.54) is 19.1 Å². The van der Waals surface area contributed by atoms with E-state index in [0.29, 0.717) is 31.1 Å². The van der Waals surface area contributed by atoms with E-state index in [4.69, 9.17) is 16.3 Å². The lowest BCUT2D eigenvalue weighted by Gasteiger charge is -2.71. The van der Waals surface area contributed by atoms with Gasteiger partial charge in [0.1, 0.15) is 0 Å². The van der Waals surface area contributed by atoms with E-state index in [2.05, 4.69) is 59.0 Å². The lowest BCUT2D eigenvalue weighted by atomic mass is 9.38. The third-order valence-electron chi connectivity index (χ3n) is 9.06. The van der Waals surface area contributed by atoms with Crippen molar-refractivity contribution >= 4 is 23.6 Å². The summed E-state index contributed by atoms with van der Waals surface area (Å²) in [7, 11) is 1.44. The molecule has 4 saturated carbocycles. The van der Waals surface area contributed by atoms with Crippen LogP contribution in [0.1, 0.15) is 84.3 Å². The van der Waals surface area contributed by atoms with Crippen LogP contribution in [0.2, 0.25) is 5.02 Å². The number of ether oxygens (including phenoxy) is 1. The van der Waals surface area contributed by atoms with Crippen molar-refractivity contribution in [3.8, 4) is 0 Å². The normalized spacial score (nSPS) is 36.3. The molecular formula is C28H37ClN2O3. The van der Waals surface area contributed by atoms with Crippen molar-refractivity contribution in [2.45, 2.75) is 84.2 Å². The van der Waals surface area contributed by atoms with Crippen molar-refractivity contribution < 1.29 is 14.3 Å². The Morgan fingerprint density at radius 1 is 1.24 bits per heavy atom. The predicted molar refractivity (Wildman–Crippen MR) is 133 cm³/mol. The van der Waals surface area contributed by atoms with Gasteiger partial charge in [-0.1, -0.05) is 58.4 Å². The number of carbonyl (C=O) groups is 2. The summed E-state index contributed by atoms with van der Waals surface area (Å²) in [6.07, 6.45) is 5.25. The topological polar surface area (TPSA) is 58.6 Å². The van der Waals surface area contributed by atoms with Crippen molar-refractivity contribution in [1.29, 1.82) is 0 Å². The number of halogens is 1. The second-order valence-corrected chi connectivity index (χ2v) is 13.1. The molecule has 4 aliphatic carbocycles. The first kappa shape index (κ1) is 23.7. The highest BCUT2D eigenvalue weighted by molar-refractivity contribution is 6.31. The number of esters is 1. The van der Waals surface area contributed by atoms with Gasteiger partial charge in [-0.3, -0.25) is 9.69 Å². The summed E-state index contributed by atoms with van der Waals surface area (Å²) in [5, 5.41) is 4.10. The number of hydrogen-bond donors (Lipinski definition) is 1. The van der Waals surface area contributed by atoms with E-state index in [9.17, 15) is 9.59 Å². The summed E-state index contributed by atoms with van der Waals surface area (Å²) in [5.41, 5.74) is 2.35. The molecule has 1 aromatic rings. The highest BCUT2D eigenvalue weighted by Gasteiger charge is 2.75. The molecular weight excluding hydrogens is 448 g/mol. The highest BCUT2D eigenvalue weighted by Crippen LogP contribution is 2.71. The fourth-order valence-corrected chi connectivity index (χ4v) is 7.37. The lowest BCUT2D eigenvalue weighted by molar-refractivity contribution is -0.218. The Balaban J connectivity index is 1.43. The lowest BCUT2D eigenvalue weighted by Crippen LogP contribution is -2.78. The van der Waals surface area contributed by atoms with Crippen molar-refractivity contribution in [3.05, 3.63) is 46.1 Å². The maximum atomic E-state index is 13.4. The molecule has 3 atom stereocenters. The van der Waals surface area contributed by atoms with Crippen LogP contribution in [-0.2, 0) is 15.1 Å². The van der Waals surface area contributed by atoms with Crippen molar-refractivity contribution in [1.82, 2.24) is 10.2 Å². The van der Waals surface area contributed by atoms with Crippen molar-refractivity contribution in [3.63, 3.8) is 0 Å². The zero-order valence-corrected chi connectivity index (χ0v) is 22.2. The van der Waals surface area contributed by atoms with Gasteiger partial charge in [0.15, 0.2) is 0 Å². The van der Waals surface area contributed by atoms with Gasteiger partial charge in [-0.05, 0) is 78.5 Å². The fourth-order valence-electron chi connectivity index (χ4n) is 7.05. The van der Waals surface area contributed by atoms with E-state index >= 15 is 0 Å². The quantitative estimate of drug-likeness (QED) is 0.494. The van der Waals surface area contributed by atoms with Crippen molar-refractivity contribution in [2.75, 3.05) is 7.11 Å². The molecule has 0 saturated heterocycles. The molecule has 6 rings (SSSR count). The number of amides is 2. The van der Waals surface area contributed by atoms with Crippen LogP contribution < -0.4 is 5.32 Å². The van der Waals surface area contributed by atoms with Crippen LogP contribution in [0, 0.1) is 22.7 Å². The van der Waals surface area contributed by atoms with Crippen LogP contribution in [-0.4, -0.2) is 29.5 Å². The summed E-state index contributed by atoms with van der Waals surface area (Å²) >= 11 is 6.84. The number of methoxy groups -OCH3 is 1. The second kappa shape index (κ2) is 7.25. The minimum absolute atomic E-state index is 0.111. The first-order chi connectivity index (χ1) is 15.8. The minimum Gasteiger partial charge on any atom is -0.469 e. The number of hydrogen-bond acceptors (Lipinski definition) is 3. The molecule has 1 aromatic carbocycles. The number of nitrogens with zero attached hydrogens (tertiary/aromatic N) is 1. The molecule has 6 heteroatoms. The molecule has 2 bridgehead atoms. The average molecular weight is 485 g/mol. The van der Waals surface area contributed by atoms with Gasteiger partial charge in [0.25, 0.3) is 0 Å². The number of carbonyl (C=O) groups excluding carboxylic acids is 2. The molecule has 1 aliphatic heterocycles. The zero-order valence-electron chi connectivity index (χ0n) is 21.4. The number of nitrogens with one attached hydrogen (secondary N) is 1. The van der Waals surface area contributed by atoms with Gasteiger partial charge >= 0.3 is 12.0 Å². The smallest absolute Gasteiger partial charge is 0.322 e. The molecule has 1 heterocycles.